The number of hydrogen-bond acceptors (Lipinski definition) is 4. The summed E-state index contributed by atoms with van der Waals surface area (Å²) in [4.78, 5) is 20.7. The van der Waals surface area contributed by atoms with Crippen molar-refractivity contribution < 1.29 is 26.3 Å². The number of nitrogens with zero attached hydrogens (tertiary/aromatic N) is 4. The topological polar surface area (TPSA) is 60.7 Å². The first-order chi connectivity index (χ1) is 16.4. The lowest BCUT2D eigenvalue weighted by Crippen LogP contribution is -2.30. The summed E-state index contributed by atoms with van der Waals surface area (Å²) >= 11 is 6.09. The van der Waals surface area contributed by atoms with Gasteiger partial charge in [0.25, 0.3) is 5.56 Å². The molecule has 0 spiro atoms. The van der Waals surface area contributed by atoms with E-state index in [0.717, 1.165) is 29.1 Å². The van der Waals surface area contributed by atoms with Gasteiger partial charge in [-0.3, -0.25) is 14.8 Å². The first-order valence-electron chi connectivity index (χ1n) is 10.7. The molecule has 0 atom stereocenters. The fraction of sp³-hybridized carbons (Fsp3) is 0.391. The maximum absolute atomic E-state index is 13.4. The first kappa shape index (κ1) is 25.2. The van der Waals surface area contributed by atoms with Crippen molar-refractivity contribution in [2.24, 2.45) is 0 Å². The Bertz CT molecular complexity index is 1270. The van der Waals surface area contributed by atoms with Crippen molar-refractivity contribution in [2.45, 2.75) is 56.4 Å². The van der Waals surface area contributed by atoms with Crippen LogP contribution in [0.5, 0.6) is 0 Å². The zero-order valence-corrected chi connectivity index (χ0v) is 18.8. The first-order valence-corrected chi connectivity index (χ1v) is 11.1. The van der Waals surface area contributed by atoms with E-state index in [-0.39, 0.29) is 33.8 Å². The average molecular weight is 517 g/mol. The average Bonchev–Trinajstić information content (AvgIpc) is 2.80. The molecule has 1 aliphatic rings. The van der Waals surface area contributed by atoms with E-state index in [9.17, 15) is 31.1 Å². The SMILES string of the molecule is O=c1c(C2CCC(c3cnccc3C(F)(F)F)CC2)cc(Cl)nn1Cc1ncccc1C(F)(F)F. The van der Waals surface area contributed by atoms with E-state index < -0.39 is 35.6 Å². The molecule has 3 heterocycles. The van der Waals surface area contributed by atoms with Crippen molar-refractivity contribution in [3.05, 3.63) is 86.3 Å². The molecule has 0 N–H and O–H groups in total. The van der Waals surface area contributed by atoms with Gasteiger partial charge in [-0.05, 0) is 67.3 Å². The largest absolute Gasteiger partial charge is 0.418 e. The van der Waals surface area contributed by atoms with Gasteiger partial charge in [0.1, 0.15) is 5.15 Å². The fourth-order valence-electron chi connectivity index (χ4n) is 4.60. The van der Waals surface area contributed by atoms with E-state index in [2.05, 4.69) is 15.1 Å². The summed E-state index contributed by atoms with van der Waals surface area (Å²) in [6.45, 7) is -0.526. The van der Waals surface area contributed by atoms with Crippen LogP contribution in [-0.4, -0.2) is 19.7 Å². The van der Waals surface area contributed by atoms with Gasteiger partial charge in [0.2, 0.25) is 0 Å². The Kier molecular flexibility index (Phi) is 6.90. The minimum Gasteiger partial charge on any atom is -0.267 e. The maximum Gasteiger partial charge on any atom is 0.418 e. The number of alkyl halides is 6. The molecule has 186 valence electrons. The second-order valence-electron chi connectivity index (χ2n) is 8.39. The predicted molar refractivity (Wildman–Crippen MR) is 115 cm³/mol. The van der Waals surface area contributed by atoms with Crippen molar-refractivity contribution in [1.82, 2.24) is 19.7 Å². The number of halogens is 7. The van der Waals surface area contributed by atoms with Crippen molar-refractivity contribution in [2.75, 3.05) is 0 Å². The Labute approximate surface area is 200 Å². The molecule has 0 aliphatic heterocycles. The molecule has 0 radical (unpaired) electrons. The number of hydrogen-bond donors (Lipinski definition) is 0. The van der Waals surface area contributed by atoms with Gasteiger partial charge in [-0.25, -0.2) is 4.68 Å². The van der Waals surface area contributed by atoms with Crippen LogP contribution in [0.4, 0.5) is 26.3 Å². The molecule has 12 heteroatoms. The van der Waals surface area contributed by atoms with Crippen molar-refractivity contribution in [3.8, 4) is 0 Å². The molecule has 1 aliphatic carbocycles. The Hall–Kier alpha value is -2.95. The minimum absolute atomic E-state index is 0.0715. The highest BCUT2D eigenvalue weighted by Crippen LogP contribution is 2.43. The van der Waals surface area contributed by atoms with Crippen molar-refractivity contribution in [1.29, 1.82) is 0 Å². The Morgan fingerprint density at radius 1 is 0.914 bits per heavy atom. The molecule has 1 fully saturated rings. The van der Waals surface area contributed by atoms with E-state index in [0.29, 0.717) is 25.7 Å². The monoisotopic (exact) mass is 516 g/mol. The normalized spacial score (nSPS) is 19.1. The van der Waals surface area contributed by atoms with Gasteiger partial charge in [-0.2, -0.15) is 31.4 Å². The summed E-state index contributed by atoms with van der Waals surface area (Å²) in [5.74, 6) is -0.693. The molecule has 0 bridgehead atoms. The lowest BCUT2D eigenvalue weighted by molar-refractivity contribution is -0.139. The van der Waals surface area contributed by atoms with Crippen molar-refractivity contribution in [3.63, 3.8) is 0 Å². The highest BCUT2D eigenvalue weighted by molar-refractivity contribution is 6.29. The standard InChI is InChI=1S/C23H19ClF6N4O/c24-20-10-15(21(35)34(33-20)12-19-18(23(28,29)30)2-1-8-32-19)13-3-5-14(6-4-13)16-11-31-9-7-17(16)22(25,26)27/h1-2,7-11,13-14H,3-6,12H2. The number of aromatic nitrogens is 4. The summed E-state index contributed by atoms with van der Waals surface area (Å²) in [5.41, 5.74) is -2.28. The van der Waals surface area contributed by atoms with Gasteiger partial charge in [-0.15, -0.1) is 0 Å². The summed E-state index contributed by atoms with van der Waals surface area (Å²) in [6.07, 6.45) is -4.05. The van der Waals surface area contributed by atoms with Crippen molar-refractivity contribution >= 4 is 11.6 Å². The summed E-state index contributed by atoms with van der Waals surface area (Å²) in [7, 11) is 0. The molecule has 0 unspecified atom stereocenters. The van der Waals surface area contributed by atoms with Crippen LogP contribution < -0.4 is 5.56 Å². The molecule has 35 heavy (non-hydrogen) atoms. The van der Waals surface area contributed by atoms with Crippen LogP contribution in [0, 0.1) is 0 Å². The molecule has 0 aromatic carbocycles. The zero-order valence-electron chi connectivity index (χ0n) is 18.1. The van der Waals surface area contributed by atoms with Crippen LogP contribution in [0.3, 0.4) is 0 Å². The third-order valence-electron chi connectivity index (χ3n) is 6.23. The minimum atomic E-state index is -4.66. The smallest absolute Gasteiger partial charge is 0.267 e. The Morgan fingerprint density at radius 2 is 1.54 bits per heavy atom. The van der Waals surface area contributed by atoms with Gasteiger partial charge >= 0.3 is 12.4 Å². The van der Waals surface area contributed by atoms with E-state index in [1.807, 2.05) is 0 Å². The van der Waals surface area contributed by atoms with Crippen LogP contribution >= 0.6 is 11.6 Å². The summed E-state index contributed by atoms with van der Waals surface area (Å²) in [5, 5.41) is 3.81. The molecule has 3 aromatic rings. The highest BCUT2D eigenvalue weighted by Gasteiger charge is 2.37. The van der Waals surface area contributed by atoms with E-state index in [1.165, 1.54) is 18.5 Å². The van der Waals surface area contributed by atoms with E-state index in [1.54, 1.807) is 0 Å². The van der Waals surface area contributed by atoms with E-state index in [4.69, 9.17) is 11.6 Å². The molecule has 1 saturated carbocycles. The van der Waals surface area contributed by atoms with Crippen LogP contribution in [0.2, 0.25) is 5.15 Å². The zero-order chi connectivity index (χ0) is 25.4. The lowest BCUT2D eigenvalue weighted by Gasteiger charge is -2.30. The second-order valence-corrected chi connectivity index (χ2v) is 8.78. The highest BCUT2D eigenvalue weighted by atomic mass is 35.5. The van der Waals surface area contributed by atoms with Gasteiger partial charge in [0.15, 0.2) is 0 Å². The molecule has 4 rings (SSSR count). The number of rotatable bonds is 4. The van der Waals surface area contributed by atoms with Crippen LogP contribution in [0.15, 0.2) is 47.7 Å². The van der Waals surface area contributed by atoms with Gasteiger partial charge in [0.05, 0.1) is 23.4 Å². The maximum atomic E-state index is 13.4. The second kappa shape index (κ2) is 9.60. The Balaban J connectivity index is 1.58. The summed E-state index contributed by atoms with van der Waals surface area (Å²) in [6, 6.07) is 4.35. The molecule has 5 nitrogen and oxygen atoms in total. The Morgan fingerprint density at radius 3 is 2.17 bits per heavy atom. The fourth-order valence-corrected chi connectivity index (χ4v) is 4.81. The third kappa shape index (κ3) is 5.50. The summed E-state index contributed by atoms with van der Waals surface area (Å²) < 4.78 is 81.0. The molecular formula is C23H19ClF6N4O. The van der Waals surface area contributed by atoms with Crippen LogP contribution in [0.1, 0.15) is 65.5 Å². The quantitative estimate of drug-likeness (QED) is 0.387. The van der Waals surface area contributed by atoms with E-state index >= 15 is 0 Å². The van der Waals surface area contributed by atoms with Gasteiger partial charge in [0, 0.05) is 24.2 Å². The lowest BCUT2D eigenvalue weighted by atomic mass is 9.76. The van der Waals surface area contributed by atoms with Crippen LogP contribution in [0.25, 0.3) is 0 Å². The molecular weight excluding hydrogens is 498 g/mol. The molecule has 0 saturated heterocycles. The number of pyridine rings is 2. The van der Waals surface area contributed by atoms with Gasteiger partial charge in [-0.1, -0.05) is 11.6 Å². The molecule has 0 amide bonds. The third-order valence-corrected chi connectivity index (χ3v) is 6.42. The van der Waals surface area contributed by atoms with Gasteiger partial charge < -0.3 is 0 Å². The predicted octanol–water partition coefficient (Wildman–Crippen LogP) is 6.21. The molecule has 3 aromatic heterocycles. The van der Waals surface area contributed by atoms with Crippen LogP contribution in [-0.2, 0) is 18.9 Å².